The standard InChI is InChI=1S/C14H23N3O2/c1-11-5-4-6-13(9-11)19-8-7-16-14(15)17-12(2)10-18-3/h4-6,9,12H,7-8,10H2,1-3H3,(H3,15,16,17). The summed E-state index contributed by atoms with van der Waals surface area (Å²) in [4.78, 5) is 4.19. The summed E-state index contributed by atoms with van der Waals surface area (Å²) in [5.74, 6) is 1.27. The molecule has 0 aliphatic rings. The van der Waals surface area contributed by atoms with Gasteiger partial charge in [0.15, 0.2) is 5.96 Å². The lowest BCUT2D eigenvalue weighted by Gasteiger charge is -2.13. The average Bonchev–Trinajstić information content (AvgIpc) is 2.35. The second kappa shape index (κ2) is 8.37. The summed E-state index contributed by atoms with van der Waals surface area (Å²) in [6.07, 6.45) is 0. The predicted octanol–water partition coefficient (Wildman–Crippen LogP) is 1.31. The van der Waals surface area contributed by atoms with Crippen LogP contribution in [0.3, 0.4) is 0 Å². The van der Waals surface area contributed by atoms with Gasteiger partial charge in [0.25, 0.3) is 0 Å². The Kier molecular flexibility index (Phi) is 6.74. The van der Waals surface area contributed by atoms with Crippen LogP contribution in [0.4, 0.5) is 0 Å². The highest BCUT2D eigenvalue weighted by atomic mass is 16.5. The Hall–Kier alpha value is -1.75. The first-order valence-corrected chi connectivity index (χ1v) is 6.36. The minimum Gasteiger partial charge on any atom is -0.492 e. The SMILES string of the molecule is COCC(C)NC(N)=NCCOc1cccc(C)c1. The number of aliphatic imine (C=N–C) groups is 1. The summed E-state index contributed by atoms with van der Waals surface area (Å²) in [5.41, 5.74) is 6.91. The molecule has 0 fully saturated rings. The van der Waals surface area contributed by atoms with Gasteiger partial charge < -0.3 is 20.5 Å². The Balaban J connectivity index is 2.25. The van der Waals surface area contributed by atoms with Crippen molar-refractivity contribution < 1.29 is 9.47 Å². The quantitative estimate of drug-likeness (QED) is 0.443. The number of methoxy groups -OCH3 is 1. The number of nitrogens with two attached hydrogens (primary N) is 1. The first kappa shape index (κ1) is 15.3. The highest BCUT2D eigenvalue weighted by molar-refractivity contribution is 5.78. The molecule has 19 heavy (non-hydrogen) atoms. The largest absolute Gasteiger partial charge is 0.492 e. The van der Waals surface area contributed by atoms with Crippen LogP contribution in [0.1, 0.15) is 12.5 Å². The molecule has 0 aliphatic carbocycles. The molecule has 0 heterocycles. The van der Waals surface area contributed by atoms with E-state index in [1.165, 1.54) is 5.56 Å². The molecular weight excluding hydrogens is 242 g/mol. The Bertz CT molecular complexity index is 407. The van der Waals surface area contributed by atoms with E-state index in [1.54, 1.807) is 7.11 Å². The van der Waals surface area contributed by atoms with Gasteiger partial charge in [-0.3, -0.25) is 0 Å². The lowest BCUT2D eigenvalue weighted by Crippen LogP contribution is -2.40. The number of nitrogens with one attached hydrogen (secondary N) is 1. The number of rotatable bonds is 7. The van der Waals surface area contributed by atoms with Gasteiger partial charge in [0, 0.05) is 13.2 Å². The maximum absolute atomic E-state index is 5.74. The predicted molar refractivity (Wildman–Crippen MR) is 77.6 cm³/mol. The van der Waals surface area contributed by atoms with Crippen LogP contribution in [-0.4, -0.2) is 38.9 Å². The van der Waals surface area contributed by atoms with Crippen LogP contribution in [0.5, 0.6) is 5.75 Å². The maximum atomic E-state index is 5.74. The zero-order valence-corrected chi connectivity index (χ0v) is 11.8. The first-order chi connectivity index (χ1) is 9.11. The van der Waals surface area contributed by atoms with Gasteiger partial charge in [-0.05, 0) is 31.5 Å². The van der Waals surface area contributed by atoms with Crippen molar-refractivity contribution in [1.82, 2.24) is 5.32 Å². The number of hydrogen-bond acceptors (Lipinski definition) is 3. The van der Waals surface area contributed by atoms with Crippen molar-refractivity contribution in [3.05, 3.63) is 29.8 Å². The normalized spacial score (nSPS) is 13.1. The zero-order valence-electron chi connectivity index (χ0n) is 11.8. The molecule has 1 aromatic carbocycles. The van der Waals surface area contributed by atoms with Crippen molar-refractivity contribution in [2.75, 3.05) is 26.9 Å². The fourth-order valence-electron chi connectivity index (χ4n) is 1.62. The Morgan fingerprint density at radius 1 is 1.47 bits per heavy atom. The van der Waals surface area contributed by atoms with Gasteiger partial charge in [0.2, 0.25) is 0 Å². The van der Waals surface area contributed by atoms with Crippen LogP contribution in [0.25, 0.3) is 0 Å². The summed E-state index contributed by atoms with van der Waals surface area (Å²) in [5, 5.41) is 3.04. The van der Waals surface area contributed by atoms with Crippen LogP contribution in [0.2, 0.25) is 0 Å². The van der Waals surface area contributed by atoms with E-state index < -0.39 is 0 Å². The van der Waals surface area contributed by atoms with Crippen molar-refractivity contribution in [3.8, 4) is 5.75 Å². The highest BCUT2D eigenvalue weighted by Gasteiger charge is 2.01. The van der Waals surface area contributed by atoms with Crippen LogP contribution in [0, 0.1) is 6.92 Å². The minimum absolute atomic E-state index is 0.145. The van der Waals surface area contributed by atoms with E-state index in [0.29, 0.717) is 25.7 Å². The number of aryl methyl sites for hydroxylation is 1. The highest BCUT2D eigenvalue weighted by Crippen LogP contribution is 2.11. The lowest BCUT2D eigenvalue weighted by atomic mass is 10.2. The molecule has 0 aliphatic heterocycles. The van der Waals surface area contributed by atoms with Crippen LogP contribution >= 0.6 is 0 Å². The third kappa shape index (κ3) is 6.67. The van der Waals surface area contributed by atoms with Gasteiger partial charge in [-0.1, -0.05) is 12.1 Å². The van der Waals surface area contributed by atoms with Gasteiger partial charge >= 0.3 is 0 Å². The van der Waals surface area contributed by atoms with Gasteiger partial charge in [0.05, 0.1) is 13.2 Å². The lowest BCUT2D eigenvalue weighted by molar-refractivity contribution is 0.179. The number of guanidine groups is 1. The van der Waals surface area contributed by atoms with E-state index in [0.717, 1.165) is 5.75 Å². The van der Waals surface area contributed by atoms with E-state index in [1.807, 2.05) is 38.1 Å². The molecule has 1 rings (SSSR count). The monoisotopic (exact) mass is 265 g/mol. The molecule has 0 amide bonds. The number of hydrogen-bond donors (Lipinski definition) is 2. The Labute approximate surface area is 114 Å². The molecule has 0 bridgehead atoms. The molecule has 0 saturated heterocycles. The topological polar surface area (TPSA) is 68.9 Å². The molecule has 3 N–H and O–H groups in total. The van der Waals surface area contributed by atoms with E-state index in [4.69, 9.17) is 15.2 Å². The third-order valence-corrected chi connectivity index (χ3v) is 2.44. The molecule has 0 aromatic heterocycles. The molecular formula is C14H23N3O2. The van der Waals surface area contributed by atoms with Crippen molar-refractivity contribution in [2.24, 2.45) is 10.7 Å². The average molecular weight is 265 g/mol. The second-order valence-electron chi connectivity index (χ2n) is 4.43. The summed E-state index contributed by atoms with van der Waals surface area (Å²) < 4.78 is 10.6. The maximum Gasteiger partial charge on any atom is 0.188 e. The molecule has 106 valence electrons. The zero-order chi connectivity index (χ0) is 14.1. The van der Waals surface area contributed by atoms with E-state index in [-0.39, 0.29) is 6.04 Å². The fourth-order valence-corrected chi connectivity index (χ4v) is 1.62. The second-order valence-corrected chi connectivity index (χ2v) is 4.43. The third-order valence-electron chi connectivity index (χ3n) is 2.44. The molecule has 1 aromatic rings. The van der Waals surface area contributed by atoms with Gasteiger partial charge in [-0.2, -0.15) is 0 Å². The van der Waals surface area contributed by atoms with Crippen molar-refractivity contribution >= 4 is 5.96 Å². The smallest absolute Gasteiger partial charge is 0.188 e. The van der Waals surface area contributed by atoms with Gasteiger partial charge in [0.1, 0.15) is 12.4 Å². The summed E-state index contributed by atoms with van der Waals surface area (Å²) >= 11 is 0. The van der Waals surface area contributed by atoms with Crippen molar-refractivity contribution in [3.63, 3.8) is 0 Å². The molecule has 0 saturated carbocycles. The summed E-state index contributed by atoms with van der Waals surface area (Å²) in [6.45, 7) is 5.63. The molecule has 5 nitrogen and oxygen atoms in total. The number of nitrogens with zero attached hydrogens (tertiary/aromatic N) is 1. The van der Waals surface area contributed by atoms with Crippen LogP contribution in [-0.2, 0) is 4.74 Å². The van der Waals surface area contributed by atoms with Gasteiger partial charge in [-0.25, -0.2) is 4.99 Å². The minimum atomic E-state index is 0.145. The molecule has 0 spiro atoms. The number of benzene rings is 1. The van der Waals surface area contributed by atoms with E-state index in [9.17, 15) is 0 Å². The molecule has 5 heteroatoms. The van der Waals surface area contributed by atoms with Crippen molar-refractivity contribution in [1.29, 1.82) is 0 Å². The van der Waals surface area contributed by atoms with Gasteiger partial charge in [-0.15, -0.1) is 0 Å². The fraction of sp³-hybridized carbons (Fsp3) is 0.500. The molecule has 1 atom stereocenters. The Morgan fingerprint density at radius 3 is 2.95 bits per heavy atom. The summed E-state index contributed by atoms with van der Waals surface area (Å²) in [6, 6.07) is 8.07. The van der Waals surface area contributed by atoms with E-state index in [2.05, 4.69) is 10.3 Å². The van der Waals surface area contributed by atoms with Crippen LogP contribution in [0.15, 0.2) is 29.3 Å². The van der Waals surface area contributed by atoms with E-state index >= 15 is 0 Å². The van der Waals surface area contributed by atoms with Crippen LogP contribution < -0.4 is 15.8 Å². The number of ether oxygens (including phenoxy) is 2. The molecule has 1 unspecified atom stereocenters. The first-order valence-electron chi connectivity index (χ1n) is 6.36. The summed E-state index contributed by atoms with van der Waals surface area (Å²) in [7, 11) is 1.65. The molecule has 0 radical (unpaired) electrons. The van der Waals surface area contributed by atoms with Crippen molar-refractivity contribution in [2.45, 2.75) is 19.9 Å². The Morgan fingerprint density at radius 2 is 2.26 bits per heavy atom.